The molecule has 0 amide bonds. The fraction of sp³-hybridized carbons (Fsp3) is 0.158. The summed E-state index contributed by atoms with van der Waals surface area (Å²) in [6.45, 7) is 0.480. The monoisotopic (exact) mass is 406 g/mol. The smallest absolute Gasteiger partial charge is 0.395 e. The molecule has 1 atom stereocenters. The van der Waals surface area contributed by atoms with Crippen molar-refractivity contribution in [1.82, 2.24) is 9.97 Å². The maximum atomic E-state index is 13.2. The number of hydrogen-bond acceptors (Lipinski definition) is 6. The zero-order chi connectivity index (χ0) is 18.9. The molecule has 0 saturated carbocycles. The van der Waals surface area contributed by atoms with Crippen molar-refractivity contribution >= 4 is 18.2 Å². The highest BCUT2D eigenvalue weighted by Gasteiger charge is 2.43. The second-order valence-electron chi connectivity index (χ2n) is 6.02. The minimum atomic E-state index is -3.65. The van der Waals surface area contributed by atoms with E-state index in [0.717, 1.165) is 5.56 Å². The first-order valence-electron chi connectivity index (χ1n) is 8.27. The molecule has 3 N–H and O–H groups in total. The van der Waals surface area contributed by atoms with Crippen LogP contribution in [0.15, 0.2) is 60.9 Å². The van der Waals surface area contributed by atoms with Gasteiger partial charge in [-0.05, 0) is 23.8 Å². The van der Waals surface area contributed by atoms with Crippen molar-refractivity contribution in [2.75, 3.05) is 11.9 Å². The van der Waals surface area contributed by atoms with Gasteiger partial charge in [0.2, 0.25) is 0 Å². The minimum absolute atomic E-state index is 0. The van der Waals surface area contributed by atoms with Crippen LogP contribution in [-0.2, 0) is 0 Å². The standard InChI is InChI=1S/C19H16F2N4O2.ClH/c20-19(21)26-16-7-6-13(8-17(16)27-19)15-9-18(25-11-24-15)23-10-14(22)12-4-2-1-3-5-12;/h1-9,11,14H,10,22H2,(H,23,24,25);1H. The number of hydrogen-bond donors (Lipinski definition) is 2. The normalized spacial score (nSPS) is 14.8. The molecule has 9 heteroatoms. The van der Waals surface area contributed by atoms with E-state index >= 15 is 0 Å². The lowest BCUT2D eigenvalue weighted by Crippen LogP contribution is -2.25. The second-order valence-corrected chi connectivity index (χ2v) is 6.02. The molecule has 3 aromatic rings. The topological polar surface area (TPSA) is 82.3 Å². The molecule has 1 aromatic heterocycles. The molecule has 0 bridgehead atoms. The molecular formula is C19H17ClF2N4O2. The predicted molar refractivity (Wildman–Crippen MR) is 103 cm³/mol. The Morgan fingerprint density at radius 2 is 1.75 bits per heavy atom. The Balaban J connectivity index is 0.00000225. The summed E-state index contributed by atoms with van der Waals surface area (Å²) >= 11 is 0. The van der Waals surface area contributed by atoms with Crippen LogP contribution in [-0.4, -0.2) is 22.8 Å². The van der Waals surface area contributed by atoms with Gasteiger partial charge in [-0.15, -0.1) is 21.2 Å². The minimum Gasteiger partial charge on any atom is -0.395 e. The van der Waals surface area contributed by atoms with E-state index < -0.39 is 6.29 Å². The van der Waals surface area contributed by atoms with Gasteiger partial charge in [0, 0.05) is 24.2 Å². The fourth-order valence-corrected chi connectivity index (χ4v) is 2.75. The summed E-state index contributed by atoms with van der Waals surface area (Å²) < 4.78 is 35.2. The van der Waals surface area contributed by atoms with Gasteiger partial charge in [-0.25, -0.2) is 9.97 Å². The number of ether oxygens (including phenoxy) is 2. The Morgan fingerprint density at radius 3 is 2.54 bits per heavy atom. The van der Waals surface area contributed by atoms with Crippen LogP contribution in [0.25, 0.3) is 11.3 Å². The quantitative estimate of drug-likeness (QED) is 0.666. The van der Waals surface area contributed by atoms with Gasteiger partial charge < -0.3 is 20.5 Å². The Bertz CT molecular complexity index is 960. The number of alkyl halides is 2. The lowest BCUT2D eigenvalue weighted by Gasteiger charge is -2.14. The number of rotatable bonds is 5. The molecule has 2 aromatic carbocycles. The van der Waals surface area contributed by atoms with E-state index in [9.17, 15) is 8.78 Å². The molecule has 4 rings (SSSR count). The van der Waals surface area contributed by atoms with Crippen molar-refractivity contribution in [3.8, 4) is 22.8 Å². The van der Waals surface area contributed by atoms with Crippen LogP contribution in [0.3, 0.4) is 0 Å². The van der Waals surface area contributed by atoms with E-state index in [1.54, 1.807) is 12.1 Å². The molecule has 6 nitrogen and oxygen atoms in total. The number of anilines is 1. The number of nitrogens with zero attached hydrogens (tertiary/aromatic N) is 2. The first-order valence-corrected chi connectivity index (χ1v) is 8.27. The van der Waals surface area contributed by atoms with Gasteiger partial charge in [-0.3, -0.25) is 0 Å². The zero-order valence-electron chi connectivity index (χ0n) is 14.5. The Morgan fingerprint density at radius 1 is 1.00 bits per heavy atom. The summed E-state index contributed by atoms with van der Waals surface area (Å²) in [6.07, 6.45) is -2.25. The van der Waals surface area contributed by atoms with E-state index in [4.69, 9.17) is 5.73 Å². The zero-order valence-corrected chi connectivity index (χ0v) is 15.3. The van der Waals surface area contributed by atoms with Gasteiger partial charge in [0.05, 0.1) is 5.69 Å². The van der Waals surface area contributed by atoms with Crippen LogP contribution < -0.4 is 20.5 Å². The largest absolute Gasteiger partial charge is 0.586 e. The van der Waals surface area contributed by atoms with Gasteiger partial charge in [0.25, 0.3) is 0 Å². The number of halogens is 3. The molecule has 0 saturated heterocycles. The average molecular weight is 407 g/mol. The third kappa shape index (κ3) is 4.29. The number of fused-ring (bicyclic) bond motifs is 1. The Kier molecular flexibility index (Phi) is 5.62. The molecule has 0 spiro atoms. The molecule has 1 aliphatic rings. The molecule has 1 unspecified atom stereocenters. The summed E-state index contributed by atoms with van der Waals surface area (Å²) in [5, 5.41) is 3.17. The van der Waals surface area contributed by atoms with Gasteiger partial charge in [-0.2, -0.15) is 0 Å². The lowest BCUT2D eigenvalue weighted by atomic mass is 10.1. The predicted octanol–water partition coefficient (Wildman–Crippen LogP) is 4.00. The molecule has 0 radical (unpaired) electrons. The molecule has 0 fully saturated rings. The van der Waals surface area contributed by atoms with Crippen LogP contribution in [0, 0.1) is 0 Å². The third-order valence-electron chi connectivity index (χ3n) is 4.09. The van der Waals surface area contributed by atoms with Crippen molar-refractivity contribution in [1.29, 1.82) is 0 Å². The van der Waals surface area contributed by atoms with E-state index in [1.165, 1.54) is 18.5 Å². The lowest BCUT2D eigenvalue weighted by molar-refractivity contribution is -0.286. The Labute approximate surface area is 166 Å². The van der Waals surface area contributed by atoms with Crippen molar-refractivity contribution in [3.63, 3.8) is 0 Å². The maximum Gasteiger partial charge on any atom is 0.586 e. The van der Waals surface area contributed by atoms with E-state index in [0.29, 0.717) is 23.6 Å². The van der Waals surface area contributed by atoms with Crippen molar-refractivity contribution in [2.45, 2.75) is 12.3 Å². The molecule has 146 valence electrons. The van der Waals surface area contributed by atoms with Gasteiger partial charge >= 0.3 is 6.29 Å². The molecule has 28 heavy (non-hydrogen) atoms. The number of nitrogens with two attached hydrogens (primary N) is 1. The van der Waals surface area contributed by atoms with Crippen molar-refractivity contribution in [3.05, 3.63) is 66.5 Å². The molecular weight excluding hydrogens is 390 g/mol. The van der Waals surface area contributed by atoms with Crippen LogP contribution in [0.1, 0.15) is 11.6 Å². The number of nitrogens with one attached hydrogen (secondary N) is 1. The van der Waals surface area contributed by atoms with Crippen LogP contribution in [0.5, 0.6) is 11.5 Å². The summed E-state index contributed by atoms with van der Waals surface area (Å²) in [6, 6.07) is 15.7. The highest BCUT2D eigenvalue weighted by atomic mass is 35.5. The van der Waals surface area contributed by atoms with Crippen LogP contribution in [0.2, 0.25) is 0 Å². The first kappa shape index (κ1) is 19.8. The molecule has 1 aliphatic heterocycles. The van der Waals surface area contributed by atoms with Crippen LogP contribution in [0.4, 0.5) is 14.6 Å². The van der Waals surface area contributed by atoms with Crippen LogP contribution >= 0.6 is 12.4 Å². The maximum absolute atomic E-state index is 13.2. The average Bonchev–Trinajstić information content (AvgIpc) is 3.00. The molecule has 2 heterocycles. The highest BCUT2D eigenvalue weighted by molar-refractivity contribution is 5.85. The van der Waals surface area contributed by atoms with E-state index in [-0.39, 0.29) is 29.9 Å². The van der Waals surface area contributed by atoms with Crippen molar-refractivity contribution < 1.29 is 18.3 Å². The highest BCUT2D eigenvalue weighted by Crippen LogP contribution is 2.42. The number of aromatic nitrogens is 2. The Hall–Kier alpha value is -2.97. The summed E-state index contributed by atoms with van der Waals surface area (Å²) in [4.78, 5) is 8.36. The third-order valence-corrected chi connectivity index (χ3v) is 4.09. The number of benzene rings is 2. The molecule has 0 aliphatic carbocycles. The van der Waals surface area contributed by atoms with Gasteiger partial charge in [0.1, 0.15) is 12.1 Å². The summed E-state index contributed by atoms with van der Waals surface area (Å²) in [5.41, 5.74) is 8.34. The van der Waals surface area contributed by atoms with E-state index in [2.05, 4.69) is 24.8 Å². The summed E-state index contributed by atoms with van der Waals surface area (Å²) in [7, 11) is 0. The van der Waals surface area contributed by atoms with Gasteiger partial charge in [-0.1, -0.05) is 30.3 Å². The van der Waals surface area contributed by atoms with Gasteiger partial charge in [0.15, 0.2) is 11.5 Å². The van der Waals surface area contributed by atoms with E-state index in [1.807, 2.05) is 30.3 Å². The second kappa shape index (κ2) is 7.95. The first-order chi connectivity index (χ1) is 13.0. The van der Waals surface area contributed by atoms with Crippen molar-refractivity contribution in [2.24, 2.45) is 5.73 Å². The summed E-state index contributed by atoms with van der Waals surface area (Å²) in [5.74, 6) is 0.538. The SMILES string of the molecule is Cl.NC(CNc1cc(-c2ccc3c(c2)OC(F)(F)O3)ncn1)c1ccccc1. The fourth-order valence-electron chi connectivity index (χ4n) is 2.75.